The second-order valence-corrected chi connectivity index (χ2v) is 4.99. The van der Waals surface area contributed by atoms with E-state index in [9.17, 15) is 9.18 Å². The maximum Gasteiger partial charge on any atom is 0.342 e. The summed E-state index contributed by atoms with van der Waals surface area (Å²) in [4.78, 5) is 11.5. The Bertz CT molecular complexity index is 639. The number of benzene rings is 2. The highest BCUT2D eigenvalue weighted by molar-refractivity contribution is 5.85. The Morgan fingerprint density at radius 3 is 2.42 bits per heavy atom. The van der Waals surface area contributed by atoms with Crippen LogP contribution in [-0.4, -0.2) is 18.7 Å². The van der Waals surface area contributed by atoms with E-state index in [1.165, 1.54) is 0 Å². The average molecular weight is 354 g/mol. The van der Waals surface area contributed by atoms with Crippen LogP contribution in [0.1, 0.15) is 24.1 Å². The first-order valence-corrected chi connectivity index (χ1v) is 7.45. The standard InChI is InChI=1S/C18H20FNO3.ClH/c1-2-22-18(21)16(19)17(20)14-10-6-7-11-15(14)23-12-13-8-4-3-5-9-13;/h3-11,16-17H,2,12,20H2,1H3;1H/t16?,17-;/m1./s1. The summed E-state index contributed by atoms with van der Waals surface area (Å²) < 4.78 is 24.6. The van der Waals surface area contributed by atoms with Gasteiger partial charge in [-0.2, -0.15) is 0 Å². The van der Waals surface area contributed by atoms with E-state index in [0.29, 0.717) is 17.9 Å². The van der Waals surface area contributed by atoms with Crippen LogP contribution in [0.25, 0.3) is 0 Å². The Morgan fingerprint density at radius 2 is 1.75 bits per heavy atom. The van der Waals surface area contributed by atoms with E-state index in [-0.39, 0.29) is 19.0 Å². The molecule has 0 saturated heterocycles. The minimum atomic E-state index is -1.93. The van der Waals surface area contributed by atoms with Crippen molar-refractivity contribution in [1.29, 1.82) is 0 Å². The first-order chi connectivity index (χ1) is 11.1. The number of hydrogen-bond donors (Lipinski definition) is 1. The van der Waals surface area contributed by atoms with Crippen LogP contribution in [0.15, 0.2) is 54.6 Å². The van der Waals surface area contributed by atoms with Crippen molar-refractivity contribution in [2.24, 2.45) is 5.73 Å². The van der Waals surface area contributed by atoms with Gasteiger partial charge >= 0.3 is 5.97 Å². The second-order valence-electron chi connectivity index (χ2n) is 4.99. The van der Waals surface area contributed by atoms with Crippen LogP contribution in [0.2, 0.25) is 0 Å². The summed E-state index contributed by atoms with van der Waals surface area (Å²) in [5, 5.41) is 0. The molecular formula is C18H21ClFNO3. The first kappa shape index (κ1) is 19.9. The van der Waals surface area contributed by atoms with E-state index in [4.69, 9.17) is 10.5 Å². The van der Waals surface area contributed by atoms with Crippen LogP contribution in [-0.2, 0) is 16.1 Å². The molecule has 2 N–H and O–H groups in total. The fraction of sp³-hybridized carbons (Fsp3) is 0.278. The van der Waals surface area contributed by atoms with E-state index >= 15 is 0 Å². The highest BCUT2D eigenvalue weighted by Crippen LogP contribution is 2.28. The molecule has 2 rings (SSSR count). The number of ether oxygens (including phenoxy) is 2. The minimum absolute atomic E-state index is 0. The van der Waals surface area contributed by atoms with Gasteiger partial charge in [0.25, 0.3) is 0 Å². The summed E-state index contributed by atoms with van der Waals surface area (Å²) in [6.45, 7) is 2.06. The van der Waals surface area contributed by atoms with E-state index in [1.807, 2.05) is 30.3 Å². The van der Waals surface area contributed by atoms with Crippen LogP contribution in [0.3, 0.4) is 0 Å². The maximum atomic E-state index is 14.2. The molecule has 0 radical (unpaired) electrons. The quantitative estimate of drug-likeness (QED) is 0.773. The lowest BCUT2D eigenvalue weighted by molar-refractivity contribution is -0.149. The van der Waals surface area contributed by atoms with Crippen molar-refractivity contribution in [3.05, 3.63) is 65.7 Å². The van der Waals surface area contributed by atoms with Gasteiger partial charge in [0.15, 0.2) is 0 Å². The van der Waals surface area contributed by atoms with E-state index in [1.54, 1.807) is 31.2 Å². The van der Waals surface area contributed by atoms with Gasteiger partial charge in [0.1, 0.15) is 12.4 Å². The van der Waals surface area contributed by atoms with Gasteiger partial charge < -0.3 is 15.2 Å². The lowest BCUT2D eigenvalue weighted by Gasteiger charge is -2.19. The predicted octanol–water partition coefficient (Wildman–Crippen LogP) is 3.59. The number of nitrogens with two attached hydrogens (primary N) is 1. The van der Waals surface area contributed by atoms with Crippen LogP contribution >= 0.6 is 12.4 Å². The maximum absolute atomic E-state index is 14.2. The van der Waals surface area contributed by atoms with Crippen molar-refractivity contribution in [1.82, 2.24) is 0 Å². The zero-order valence-corrected chi connectivity index (χ0v) is 14.2. The number of alkyl halides is 1. The van der Waals surface area contributed by atoms with E-state index < -0.39 is 18.2 Å². The first-order valence-electron chi connectivity index (χ1n) is 7.45. The minimum Gasteiger partial charge on any atom is -0.489 e. The molecule has 130 valence electrons. The van der Waals surface area contributed by atoms with Crippen LogP contribution in [0.4, 0.5) is 4.39 Å². The zero-order valence-electron chi connectivity index (χ0n) is 13.4. The lowest BCUT2D eigenvalue weighted by Crippen LogP contribution is -2.31. The summed E-state index contributed by atoms with van der Waals surface area (Å²) in [5.41, 5.74) is 7.30. The zero-order chi connectivity index (χ0) is 16.7. The Balaban J connectivity index is 0.00000288. The van der Waals surface area contributed by atoms with Crippen molar-refractivity contribution in [2.45, 2.75) is 25.7 Å². The molecule has 1 unspecified atom stereocenters. The molecule has 0 aromatic heterocycles. The highest BCUT2D eigenvalue weighted by atomic mass is 35.5. The van der Waals surface area contributed by atoms with Crippen LogP contribution in [0.5, 0.6) is 5.75 Å². The fourth-order valence-corrected chi connectivity index (χ4v) is 2.15. The summed E-state index contributed by atoms with van der Waals surface area (Å²) >= 11 is 0. The predicted molar refractivity (Wildman–Crippen MR) is 92.9 cm³/mol. The van der Waals surface area contributed by atoms with Crippen molar-refractivity contribution < 1.29 is 18.7 Å². The molecule has 6 heteroatoms. The molecular weight excluding hydrogens is 333 g/mol. The van der Waals surface area contributed by atoms with Crippen LogP contribution < -0.4 is 10.5 Å². The van der Waals surface area contributed by atoms with Crippen molar-refractivity contribution >= 4 is 18.4 Å². The molecule has 0 amide bonds. The SMILES string of the molecule is CCOC(=O)C(F)[C@H](N)c1ccccc1OCc1ccccc1.Cl. The molecule has 0 saturated carbocycles. The van der Waals surface area contributed by atoms with Crippen molar-refractivity contribution in [3.8, 4) is 5.75 Å². The Labute approximate surface area is 147 Å². The van der Waals surface area contributed by atoms with Gasteiger partial charge in [-0.3, -0.25) is 0 Å². The summed E-state index contributed by atoms with van der Waals surface area (Å²) in [6, 6.07) is 15.3. The third-order valence-electron chi connectivity index (χ3n) is 3.34. The van der Waals surface area contributed by atoms with Gasteiger partial charge in [0, 0.05) is 5.56 Å². The third-order valence-corrected chi connectivity index (χ3v) is 3.34. The van der Waals surface area contributed by atoms with Crippen molar-refractivity contribution in [3.63, 3.8) is 0 Å². The van der Waals surface area contributed by atoms with Gasteiger partial charge in [-0.15, -0.1) is 12.4 Å². The van der Waals surface area contributed by atoms with Gasteiger partial charge in [-0.25, -0.2) is 9.18 Å². The number of halogens is 2. The monoisotopic (exact) mass is 353 g/mol. The number of rotatable bonds is 7. The summed E-state index contributed by atoms with van der Waals surface area (Å²) in [5.74, 6) is -0.506. The number of esters is 1. The molecule has 2 atom stereocenters. The Hall–Kier alpha value is -2.11. The fourth-order valence-electron chi connectivity index (χ4n) is 2.15. The highest BCUT2D eigenvalue weighted by Gasteiger charge is 2.29. The Kier molecular flexibility index (Phi) is 8.22. The Morgan fingerprint density at radius 1 is 1.12 bits per heavy atom. The van der Waals surface area contributed by atoms with Gasteiger partial charge in [0.05, 0.1) is 12.6 Å². The molecule has 24 heavy (non-hydrogen) atoms. The smallest absolute Gasteiger partial charge is 0.342 e. The summed E-state index contributed by atoms with van der Waals surface area (Å²) in [7, 11) is 0. The normalized spacial score (nSPS) is 12.6. The number of carbonyl (C=O) groups excluding carboxylic acids is 1. The van der Waals surface area contributed by atoms with E-state index in [2.05, 4.69) is 4.74 Å². The van der Waals surface area contributed by atoms with Crippen molar-refractivity contribution in [2.75, 3.05) is 6.61 Å². The summed E-state index contributed by atoms with van der Waals surface area (Å²) in [6.07, 6.45) is -1.93. The molecule has 0 fully saturated rings. The topological polar surface area (TPSA) is 61.5 Å². The molecule has 0 bridgehead atoms. The number of para-hydroxylation sites is 1. The molecule has 0 aliphatic carbocycles. The third kappa shape index (κ3) is 5.22. The molecule has 4 nitrogen and oxygen atoms in total. The number of carbonyl (C=O) groups is 1. The van der Waals surface area contributed by atoms with Gasteiger partial charge in [-0.1, -0.05) is 48.5 Å². The van der Waals surface area contributed by atoms with E-state index in [0.717, 1.165) is 5.56 Å². The van der Waals surface area contributed by atoms with Crippen LogP contribution in [0, 0.1) is 0 Å². The average Bonchev–Trinajstić information content (AvgIpc) is 2.60. The molecule has 0 spiro atoms. The molecule has 0 heterocycles. The molecule has 0 aliphatic rings. The largest absolute Gasteiger partial charge is 0.489 e. The molecule has 0 aliphatic heterocycles. The lowest BCUT2D eigenvalue weighted by atomic mass is 10.0. The molecule has 2 aromatic rings. The van der Waals surface area contributed by atoms with Gasteiger partial charge in [-0.05, 0) is 18.6 Å². The second kappa shape index (κ2) is 9.90. The van der Waals surface area contributed by atoms with Gasteiger partial charge in [0.2, 0.25) is 6.17 Å². The number of hydrogen-bond acceptors (Lipinski definition) is 4. The molecule has 2 aromatic carbocycles.